The van der Waals surface area contributed by atoms with Gasteiger partial charge in [0.1, 0.15) is 0 Å². The van der Waals surface area contributed by atoms with Crippen LogP contribution in [0.2, 0.25) is 0 Å². The number of hydrogen-bond donors (Lipinski definition) is 1. The van der Waals surface area contributed by atoms with Crippen molar-refractivity contribution in [2.75, 3.05) is 13.2 Å². The molecule has 1 atom stereocenters. The van der Waals surface area contributed by atoms with Gasteiger partial charge in [0.2, 0.25) is 10.0 Å². The fourth-order valence-corrected chi connectivity index (χ4v) is 2.13. The third kappa shape index (κ3) is 3.94. The highest BCUT2D eigenvalue weighted by Crippen LogP contribution is 2.21. The molecule has 4 nitrogen and oxygen atoms in total. The third-order valence-corrected chi connectivity index (χ3v) is 4.24. The maximum atomic E-state index is 11.0. The second-order valence-electron chi connectivity index (χ2n) is 4.03. The summed E-state index contributed by atoms with van der Waals surface area (Å²) in [5.41, 5.74) is 0. The number of primary sulfonamides is 1. The molecular weight excluding hydrogens is 202 g/mol. The zero-order valence-corrected chi connectivity index (χ0v) is 9.42. The minimum Gasteiger partial charge on any atom is -0.381 e. The summed E-state index contributed by atoms with van der Waals surface area (Å²) in [5.74, 6) is 0.618. The van der Waals surface area contributed by atoms with Crippen molar-refractivity contribution in [3.05, 3.63) is 0 Å². The lowest BCUT2D eigenvalue weighted by atomic mass is 9.94. The zero-order valence-electron chi connectivity index (χ0n) is 8.61. The van der Waals surface area contributed by atoms with Crippen molar-refractivity contribution >= 4 is 10.0 Å². The summed E-state index contributed by atoms with van der Waals surface area (Å²) in [6.07, 6.45) is 3.72. The second-order valence-corrected chi connectivity index (χ2v) is 6.02. The van der Waals surface area contributed by atoms with Gasteiger partial charge in [-0.2, -0.15) is 0 Å². The van der Waals surface area contributed by atoms with Crippen LogP contribution >= 0.6 is 0 Å². The zero-order chi connectivity index (χ0) is 10.6. The van der Waals surface area contributed by atoms with Crippen molar-refractivity contribution in [3.63, 3.8) is 0 Å². The normalized spacial score (nSPS) is 22.1. The van der Waals surface area contributed by atoms with Crippen LogP contribution < -0.4 is 5.14 Å². The predicted octanol–water partition coefficient (Wildman–Crippen LogP) is 0.870. The van der Waals surface area contributed by atoms with Gasteiger partial charge in [0.05, 0.1) is 5.25 Å². The molecule has 1 fully saturated rings. The third-order valence-electron chi connectivity index (χ3n) is 2.88. The minimum absolute atomic E-state index is 0.412. The average Bonchev–Trinajstić information content (AvgIpc) is 2.14. The average molecular weight is 221 g/mol. The molecule has 5 heteroatoms. The van der Waals surface area contributed by atoms with E-state index in [0.29, 0.717) is 12.3 Å². The molecule has 0 aromatic rings. The monoisotopic (exact) mass is 221 g/mol. The van der Waals surface area contributed by atoms with Crippen molar-refractivity contribution in [1.82, 2.24) is 0 Å². The standard InChI is InChI=1S/C9H19NO3S/c1-8(14(10,11)12)2-3-9-4-6-13-7-5-9/h8-9H,2-7H2,1H3,(H2,10,11,12). The van der Waals surface area contributed by atoms with Gasteiger partial charge in [-0.3, -0.25) is 0 Å². The van der Waals surface area contributed by atoms with Gasteiger partial charge < -0.3 is 4.74 Å². The van der Waals surface area contributed by atoms with Crippen molar-refractivity contribution in [2.24, 2.45) is 11.1 Å². The van der Waals surface area contributed by atoms with E-state index in [1.165, 1.54) is 0 Å². The van der Waals surface area contributed by atoms with Crippen LogP contribution in [0.4, 0.5) is 0 Å². The fraction of sp³-hybridized carbons (Fsp3) is 1.00. The van der Waals surface area contributed by atoms with Crippen LogP contribution in [-0.4, -0.2) is 26.9 Å². The van der Waals surface area contributed by atoms with Gasteiger partial charge in [-0.1, -0.05) is 0 Å². The molecule has 0 bridgehead atoms. The largest absolute Gasteiger partial charge is 0.381 e. The number of nitrogens with two attached hydrogens (primary N) is 1. The van der Waals surface area contributed by atoms with Gasteiger partial charge in [0.25, 0.3) is 0 Å². The molecule has 0 aromatic heterocycles. The highest BCUT2D eigenvalue weighted by Gasteiger charge is 2.19. The van der Waals surface area contributed by atoms with E-state index < -0.39 is 15.3 Å². The van der Waals surface area contributed by atoms with E-state index in [0.717, 1.165) is 32.5 Å². The Kier molecular flexibility index (Phi) is 4.34. The van der Waals surface area contributed by atoms with Gasteiger partial charge in [0.15, 0.2) is 0 Å². The van der Waals surface area contributed by atoms with Gasteiger partial charge in [-0.05, 0) is 38.5 Å². The number of hydrogen-bond acceptors (Lipinski definition) is 3. The summed E-state index contributed by atoms with van der Waals surface area (Å²) >= 11 is 0. The molecule has 1 aliphatic rings. The van der Waals surface area contributed by atoms with Gasteiger partial charge >= 0.3 is 0 Å². The van der Waals surface area contributed by atoms with E-state index in [4.69, 9.17) is 9.88 Å². The molecule has 84 valence electrons. The first-order valence-electron chi connectivity index (χ1n) is 5.09. The molecule has 1 heterocycles. The first-order chi connectivity index (χ1) is 6.50. The molecule has 0 aliphatic carbocycles. The highest BCUT2D eigenvalue weighted by molar-refractivity contribution is 7.89. The maximum Gasteiger partial charge on any atom is 0.211 e. The van der Waals surface area contributed by atoms with Gasteiger partial charge in [-0.25, -0.2) is 13.6 Å². The summed E-state index contributed by atoms with van der Waals surface area (Å²) in [4.78, 5) is 0. The molecule has 14 heavy (non-hydrogen) atoms. The molecular formula is C9H19NO3S. The Bertz CT molecular complexity index is 257. The van der Waals surface area contributed by atoms with Crippen molar-refractivity contribution in [2.45, 2.75) is 37.9 Å². The van der Waals surface area contributed by atoms with Crippen molar-refractivity contribution < 1.29 is 13.2 Å². The lowest BCUT2D eigenvalue weighted by Gasteiger charge is -2.22. The number of rotatable bonds is 4. The second kappa shape index (κ2) is 5.09. The van der Waals surface area contributed by atoms with Crippen LogP contribution in [0.5, 0.6) is 0 Å². The fourth-order valence-electron chi connectivity index (χ4n) is 1.67. The first kappa shape index (κ1) is 11.9. The molecule has 2 N–H and O–H groups in total. The van der Waals surface area contributed by atoms with Gasteiger partial charge in [0, 0.05) is 13.2 Å². The Morgan fingerprint density at radius 3 is 2.50 bits per heavy atom. The molecule has 0 aromatic carbocycles. The van der Waals surface area contributed by atoms with Crippen LogP contribution in [0.25, 0.3) is 0 Å². The lowest BCUT2D eigenvalue weighted by Crippen LogP contribution is -2.27. The summed E-state index contributed by atoms with van der Waals surface area (Å²) in [6.45, 7) is 3.30. The topological polar surface area (TPSA) is 69.4 Å². The van der Waals surface area contributed by atoms with Crippen molar-refractivity contribution in [1.29, 1.82) is 0 Å². The Balaban J connectivity index is 2.25. The van der Waals surface area contributed by atoms with E-state index in [-0.39, 0.29) is 0 Å². The molecule has 0 amide bonds. The van der Waals surface area contributed by atoms with E-state index in [1.807, 2.05) is 0 Å². The Morgan fingerprint density at radius 2 is 2.00 bits per heavy atom. The lowest BCUT2D eigenvalue weighted by molar-refractivity contribution is 0.0633. The van der Waals surface area contributed by atoms with E-state index in [1.54, 1.807) is 6.92 Å². The molecule has 0 radical (unpaired) electrons. The quantitative estimate of drug-likeness (QED) is 0.765. The Hall–Kier alpha value is -0.130. The van der Waals surface area contributed by atoms with E-state index in [2.05, 4.69) is 0 Å². The SMILES string of the molecule is CC(CCC1CCOCC1)S(N)(=O)=O. The molecule has 1 saturated heterocycles. The molecule has 0 spiro atoms. The van der Waals surface area contributed by atoms with E-state index >= 15 is 0 Å². The summed E-state index contributed by atoms with van der Waals surface area (Å²) < 4.78 is 27.1. The van der Waals surface area contributed by atoms with Crippen LogP contribution in [0, 0.1) is 5.92 Å². The molecule has 1 rings (SSSR count). The molecule has 1 unspecified atom stereocenters. The molecule has 0 saturated carbocycles. The number of sulfonamides is 1. The van der Waals surface area contributed by atoms with Gasteiger partial charge in [-0.15, -0.1) is 0 Å². The molecule has 1 aliphatic heterocycles. The summed E-state index contributed by atoms with van der Waals surface area (Å²) in [5, 5.41) is 4.63. The Labute approximate surface area is 85.9 Å². The summed E-state index contributed by atoms with van der Waals surface area (Å²) in [7, 11) is -3.33. The van der Waals surface area contributed by atoms with Crippen molar-refractivity contribution in [3.8, 4) is 0 Å². The summed E-state index contributed by atoms with van der Waals surface area (Å²) in [6, 6.07) is 0. The first-order valence-corrected chi connectivity index (χ1v) is 6.70. The van der Waals surface area contributed by atoms with Crippen LogP contribution in [0.15, 0.2) is 0 Å². The highest BCUT2D eigenvalue weighted by atomic mass is 32.2. The Morgan fingerprint density at radius 1 is 1.43 bits per heavy atom. The van der Waals surface area contributed by atoms with E-state index in [9.17, 15) is 8.42 Å². The van der Waals surface area contributed by atoms with Crippen LogP contribution in [0.1, 0.15) is 32.6 Å². The van der Waals surface area contributed by atoms with Crippen LogP contribution in [0.3, 0.4) is 0 Å². The predicted molar refractivity (Wildman–Crippen MR) is 55.3 cm³/mol. The smallest absolute Gasteiger partial charge is 0.211 e. The van der Waals surface area contributed by atoms with Crippen LogP contribution in [-0.2, 0) is 14.8 Å². The minimum atomic E-state index is -3.33. The maximum absolute atomic E-state index is 11.0. The number of ether oxygens (including phenoxy) is 1.